The van der Waals surface area contributed by atoms with E-state index < -0.39 is 0 Å². The van der Waals surface area contributed by atoms with Crippen LogP contribution in [0.15, 0.2) is 24.3 Å². The van der Waals surface area contributed by atoms with Crippen molar-refractivity contribution in [3.63, 3.8) is 0 Å². The van der Waals surface area contributed by atoms with Crippen molar-refractivity contribution in [1.29, 1.82) is 0 Å². The van der Waals surface area contributed by atoms with Gasteiger partial charge in [-0.1, -0.05) is 32.0 Å². The van der Waals surface area contributed by atoms with E-state index >= 15 is 0 Å². The number of methoxy groups -OCH3 is 1. The van der Waals surface area contributed by atoms with Gasteiger partial charge in [-0.2, -0.15) is 0 Å². The molecule has 0 aliphatic heterocycles. The van der Waals surface area contributed by atoms with E-state index in [1.807, 2.05) is 45.0 Å². The summed E-state index contributed by atoms with van der Waals surface area (Å²) in [6.45, 7) is 6.41. The van der Waals surface area contributed by atoms with Gasteiger partial charge in [-0.25, -0.2) is 0 Å². The van der Waals surface area contributed by atoms with Crippen molar-refractivity contribution >= 4 is 5.91 Å². The summed E-state index contributed by atoms with van der Waals surface area (Å²) in [6.07, 6.45) is 0.741. The Labute approximate surface area is 121 Å². The number of ether oxygens (including phenoxy) is 1. The number of carbonyl (C=O) groups is 1. The highest BCUT2D eigenvalue weighted by Crippen LogP contribution is 2.19. The smallest absolute Gasteiger partial charge is 0.224 e. The fourth-order valence-electron chi connectivity index (χ4n) is 2.28. The molecule has 1 rings (SSSR count). The van der Waals surface area contributed by atoms with Crippen LogP contribution in [0.4, 0.5) is 0 Å². The molecule has 2 unspecified atom stereocenters. The molecular formula is C16H26N2O2. The number of nitrogens with one attached hydrogen (secondary N) is 1. The van der Waals surface area contributed by atoms with Gasteiger partial charge in [0.05, 0.1) is 13.0 Å². The minimum atomic E-state index is -0.130. The van der Waals surface area contributed by atoms with Gasteiger partial charge in [-0.05, 0) is 30.9 Å². The molecule has 1 amide bonds. The molecule has 1 aromatic rings. The Morgan fingerprint density at radius 2 is 1.95 bits per heavy atom. The number of amides is 1. The first-order valence-electron chi connectivity index (χ1n) is 7.11. The molecule has 0 saturated carbocycles. The molecule has 2 atom stereocenters. The van der Waals surface area contributed by atoms with Crippen LogP contribution in [0.5, 0.6) is 5.75 Å². The summed E-state index contributed by atoms with van der Waals surface area (Å²) in [5.41, 5.74) is 6.76. The van der Waals surface area contributed by atoms with Gasteiger partial charge in [0.2, 0.25) is 5.91 Å². The molecule has 4 nitrogen and oxygen atoms in total. The number of hydrogen-bond donors (Lipinski definition) is 2. The second-order valence-electron chi connectivity index (χ2n) is 5.51. The van der Waals surface area contributed by atoms with E-state index in [2.05, 4.69) is 5.32 Å². The topological polar surface area (TPSA) is 64.3 Å². The van der Waals surface area contributed by atoms with Crippen molar-refractivity contribution in [3.8, 4) is 5.75 Å². The zero-order valence-corrected chi connectivity index (χ0v) is 12.8. The van der Waals surface area contributed by atoms with Gasteiger partial charge in [0, 0.05) is 12.6 Å². The maximum atomic E-state index is 12.1. The van der Waals surface area contributed by atoms with Gasteiger partial charge in [0.25, 0.3) is 0 Å². The molecule has 0 aliphatic carbocycles. The molecular weight excluding hydrogens is 252 g/mol. The van der Waals surface area contributed by atoms with Gasteiger partial charge < -0.3 is 15.8 Å². The van der Waals surface area contributed by atoms with E-state index in [4.69, 9.17) is 10.5 Å². The van der Waals surface area contributed by atoms with Crippen LogP contribution in [0, 0.1) is 11.8 Å². The average molecular weight is 278 g/mol. The van der Waals surface area contributed by atoms with E-state index in [1.54, 1.807) is 7.11 Å². The summed E-state index contributed by atoms with van der Waals surface area (Å²) in [4.78, 5) is 12.1. The molecule has 0 heterocycles. The number of carbonyl (C=O) groups excluding carboxylic acids is 1. The van der Waals surface area contributed by atoms with Crippen LogP contribution in [0.2, 0.25) is 0 Å². The lowest BCUT2D eigenvalue weighted by Crippen LogP contribution is -2.42. The summed E-state index contributed by atoms with van der Waals surface area (Å²) in [6, 6.07) is 7.91. The highest BCUT2D eigenvalue weighted by atomic mass is 16.5. The molecule has 0 fully saturated rings. The van der Waals surface area contributed by atoms with Crippen LogP contribution in [0.1, 0.15) is 26.3 Å². The second-order valence-corrected chi connectivity index (χ2v) is 5.51. The molecule has 0 bridgehead atoms. The summed E-state index contributed by atoms with van der Waals surface area (Å²) in [5.74, 6) is 1.01. The highest BCUT2D eigenvalue weighted by Gasteiger charge is 2.22. The van der Waals surface area contributed by atoms with Gasteiger partial charge in [0.15, 0.2) is 0 Å². The van der Waals surface area contributed by atoms with Crippen LogP contribution in [0.3, 0.4) is 0 Å². The third-order valence-corrected chi connectivity index (χ3v) is 3.50. The predicted molar refractivity (Wildman–Crippen MR) is 81.7 cm³/mol. The summed E-state index contributed by atoms with van der Waals surface area (Å²) < 4.78 is 5.33. The molecule has 112 valence electrons. The zero-order chi connectivity index (χ0) is 15.1. The Hall–Kier alpha value is -1.55. The lowest BCUT2D eigenvalue weighted by atomic mass is 9.94. The minimum Gasteiger partial charge on any atom is -0.496 e. The van der Waals surface area contributed by atoms with Crippen LogP contribution in [-0.4, -0.2) is 25.6 Å². The SMILES string of the molecule is COc1ccccc1CC(C)NC(=O)C(CN)C(C)C. The molecule has 1 aromatic carbocycles. The Kier molecular flexibility index (Phi) is 6.52. The number of nitrogens with two attached hydrogens (primary N) is 1. The maximum Gasteiger partial charge on any atom is 0.224 e. The van der Waals surface area contributed by atoms with Crippen LogP contribution < -0.4 is 15.8 Å². The number of rotatable bonds is 7. The van der Waals surface area contributed by atoms with E-state index in [1.165, 1.54) is 0 Å². The van der Waals surface area contributed by atoms with E-state index in [0.29, 0.717) is 6.54 Å². The van der Waals surface area contributed by atoms with Gasteiger partial charge in [-0.15, -0.1) is 0 Å². The van der Waals surface area contributed by atoms with E-state index in [9.17, 15) is 4.79 Å². The standard InChI is InChI=1S/C16H26N2O2/c1-11(2)14(10-17)16(19)18-12(3)9-13-7-5-6-8-15(13)20-4/h5-8,11-12,14H,9-10,17H2,1-4H3,(H,18,19). The van der Waals surface area contributed by atoms with Crippen molar-refractivity contribution in [2.75, 3.05) is 13.7 Å². The Bertz CT molecular complexity index is 432. The first-order chi connectivity index (χ1) is 9.49. The Balaban J connectivity index is 2.63. The Morgan fingerprint density at radius 1 is 1.30 bits per heavy atom. The number of para-hydroxylation sites is 1. The van der Waals surface area contributed by atoms with Crippen molar-refractivity contribution in [2.45, 2.75) is 33.2 Å². The molecule has 3 N–H and O–H groups in total. The minimum absolute atomic E-state index is 0.0323. The summed E-state index contributed by atoms with van der Waals surface area (Å²) in [7, 11) is 1.66. The zero-order valence-electron chi connectivity index (χ0n) is 12.8. The molecule has 4 heteroatoms. The first-order valence-corrected chi connectivity index (χ1v) is 7.11. The maximum absolute atomic E-state index is 12.1. The predicted octanol–water partition coefficient (Wildman–Crippen LogP) is 1.97. The third-order valence-electron chi connectivity index (χ3n) is 3.50. The fourth-order valence-corrected chi connectivity index (χ4v) is 2.28. The second kappa shape index (κ2) is 7.90. The molecule has 20 heavy (non-hydrogen) atoms. The van der Waals surface area contributed by atoms with Gasteiger partial charge in [-0.3, -0.25) is 4.79 Å². The van der Waals surface area contributed by atoms with Crippen LogP contribution >= 0.6 is 0 Å². The highest BCUT2D eigenvalue weighted by molar-refractivity contribution is 5.79. The summed E-state index contributed by atoms with van der Waals surface area (Å²) >= 11 is 0. The molecule has 0 saturated heterocycles. The van der Waals surface area contributed by atoms with Crippen LogP contribution in [0.25, 0.3) is 0 Å². The van der Waals surface area contributed by atoms with Crippen molar-refractivity contribution in [2.24, 2.45) is 17.6 Å². The van der Waals surface area contributed by atoms with Crippen molar-refractivity contribution in [1.82, 2.24) is 5.32 Å². The first kappa shape index (κ1) is 16.5. The molecule has 0 aromatic heterocycles. The van der Waals surface area contributed by atoms with Crippen LogP contribution in [-0.2, 0) is 11.2 Å². The third kappa shape index (κ3) is 4.53. The normalized spacial score (nSPS) is 13.9. The quantitative estimate of drug-likeness (QED) is 0.801. The van der Waals surface area contributed by atoms with E-state index in [0.717, 1.165) is 17.7 Å². The lowest BCUT2D eigenvalue weighted by Gasteiger charge is -2.22. The largest absolute Gasteiger partial charge is 0.496 e. The van der Waals surface area contributed by atoms with Crippen molar-refractivity contribution < 1.29 is 9.53 Å². The Morgan fingerprint density at radius 3 is 2.50 bits per heavy atom. The fraction of sp³-hybridized carbons (Fsp3) is 0.562. The van der Waals surface area contributed by atoms with Crippen molar-refractivity contribution in [3.05, 3.63) is 29.8 Å². The van der Waals surface area contributed by atoms with Gasteiger partial charge in [0.1, 0.15) is 5.75 Å². The molecule has 0 aliphatic rings. The molecule has 0 radical (unpaired) electrons. The lowest BCUT2D eigenvalue weighted by molar-refractivity contribution is -0.126. The monoisotopic (exact) mass is 278 g/mol. The number of benzene rings is 1. The summed E-state index contributed by atoms with van der Waals surface area (Å²) in [5, 5.41) is 3.04. The van der Waals surface area contributed by atoms with Gasteiger partial charge >= 0.3 is 0 Å². The average Bonchev–Trinajstić information content (AvgIpc) is 2.39. The molecule has 0 spiro atoms. The van der Waals surface area contributed by atoms with E-state index in [-0.39, 0.29) is 23.8 Å². The number of hydrogen-bond acceptors (Lipinski definition) is 3.